The fourth-order valence-electron chi connectivity index (χ4n) is 4.36. The van der Waals surface area contributed by atoms with Crippen molar-refractivity contribution in [2.24, 2.45) is 16.7 Å². The van der Waals surface area contributed by atoms with Crippen LogP contribution in [0.3, 0.4) is 0 Å². The van der Waals surface area contributed by atoms with Crippen LogP contribution in [0.4, 0.5) is 5.69 Å². The molecule has 2 aliphatic rings. The van der Waals surface area contributed by atoms with Crippen LogP contribution in [-0.2, 0) is 0 Å². The van der Waals surface area contributed by atoms with E-state index in [1.165, 1.54) is 24.8 Å². The summed E-state index contributed by atoms with van der Waals surface area (Å²) in [4.78, 5) is 0. The van der Waals surface area contributed by atoms with Crippen molar-refractivity contribution in [3.05, 3.63) is 28.8 Å². The van der Waals surface area contributed by atoms with Crippen LogP contribution >= 0.6 is 11.6 Å². The number of rotatable bonds is 2. The first kappa shape index (κ1) is 13.3. The van der Waals surface area contributed by atoms with E-state index in [0.29, 0.717) is 16.9 Å². The fraction of sp³-hybridized carbons (Fsp3) is 0.647. The third-order valence-corrected chi connectivity index (χ3v) is 6.58. The zero-order valence-corrected chi connectivity index (χ0v) is 13.1. The zero-order chi connectivity index (χ0) is 13.8. The zero-order valence-electron chi connectivity index (χ0n) is 12.4. The maximum Gasteiger partial charge on any atom is 0.0637 e. The molecule has 0 saturated heterocycles. The molecule has 0 aliphatic heterocycles. The Labute approximate surface area is 121 Å². The molecule has 19 heavy (non-hydrogen) atoms. The summed E-state index contributed by atoms with van der Waals surface area (Å²) in [6.07, 6.45) is 4.02. The SMILES string of the molecule is Cc1ccc(Cl)c(NC2CC3CCC2(C)C3(C)C)c1. The van der Waals surface area contributed by atoms with Crippen LogP contribution in [0.15, 0.2) is 18.2 Å². The van der Waals surface area contributed by atoms with Gasteiger partial charge in [-0.05, 0) is 60.6 Å². The summed E-state index contributed by atoms with van der Waals surface area (Å²) >= 11 is 6.33. The maximum absolute atomic E-state index is 6.33. The minimum Gasteiger partial charge on any atom is -0.381 e. The maximum atomic E-state index is 6.33. The van der Waals surface area contributed by atoms with Crippen LogP contribution in [0.5, 0.6) is 0 Å². The van der Waals surface area contributed by atoms with Crippen molar-refractivity contribution < 1.29 is 0 Å². The van der Waals surface area contributed by atoms with E-state index in [2.05, 4.69) is 45.1 Å². The van der Waals surface area contributed by atoms with E-state index >= 15 is 0 Å². The predicted octanol–water partition coefficient (Wildman–Crippen LogP) is 5.28. The Morgan fingerprint density at radius 2 is 2.00 bits per heavy atom. The minimum atomic E-state index is 0.394. The Hall–Kier alpha value is -0.690. The van der Waals surface area contributed by atoms with Gasteiger partial charge in [-0.15, -0.1) is 0 Å². The summed E-state index contributed by atoms with van der Waals surface area (Å²) in [5, 5.41) is 4.59. The van der Waals surface area contributed by atoms with E-state index in [1.807, 2.05) is 6.07 Å². The molecule has 2 fully saturated rings. The lowest BCUT2D eigenvalue weighted by molar-refractivity contribution is 0.142. The van der Waals surface area contributed by atoms with Gasteiger partial charge in [0.1, 0.15) is 0 Å². The lowest BCUT2D eigenvalue weighted by atomic mass is 9.69. The highest BCUT2D eigenvalue weighted by molar-refractivity contribution is 6.33. The Kier molecular flexibility index (Phi) is 2.91. The number of nitrogens with one attached hydrogen (secondary N) is 1. The highest BCUT2D eigenvalue weighted by Crippen LogP contribution is 2.65. The molecule has 1 aromatic rings. The molecule has 0 radical (unpaired) electrons. The van der Waals surface area contributed by atoms with Crippen molar-refractivity contribution >= 4 is 17.3 Å². The van der Waals surface area contributed by atoms with E-state index in [0.717, 1.165) is 16.6 Å². The standard InChI is InChI=1S/C17H24ClN/c1-11-5-6-13(18)14(9-11)19-15-10-12-7-8-17(15,4)16(12,2)3/h5-6,9,12,15,19H,7-8,10H2,1-4H3. The first-order chi connectivity index (χ1) is 8.84. The Balaban J connectivity index is 1.88. The molecule has 3 rings (SSSR count). The molecule has 0 amide bonds. The van der Waals surface area contributed by atoms with Gasteiger partial charge in [0.05, 0.1) is 10.7 Å². The van der Waals surface area contributed by atoms with Crippen LogP contribution in [0.25, 0.3) is 0 Å². The molecule has 1 aromatic carbocycles. The summed E-state index contributed by atoms with van der Waals surface area (Å²) in [5.41, 5.74) is 3.21. The van der Waals surface area contributed by atoms with Gasteiger partial charge in [0, 0.05) is 6.04 Å². The molecule has 1 N–H and O–H groups in total. The minimum absolute atomic E-state index is 0.394. The Bertz CT molecular complexity index is 508. The second-order valence-electron chi connectivity index (χ2n) is 7.29. The average molecular weight is 278 g/mol. The molecule has 3 atom stereocenters. The van der Waals surface area contributed by atoms with E-state index in [1.54, 1.807) is 0 Å². The van der Waals surface area contributed by atoms with Crippen molar-refractivity contribution in [3.63, 3.8) is 0 Å². The first-order valence-corrected chi connectivity index (χ1v) is 7.75. The molecule has 2 heteroatoms. The molecule has 3 unspecified atom stereocenters. The fourth-order valence-corrected chi connectivity index (χ4v) is 4.53. The van der Waals surface area contributed by atoms with Gasteiger partial charge >= 0.3 is 0 Å². The Morgan fingerprint density at radius 1 is 1.26 bits per heavy atom. The van der Waals surface area contributed by atoms with Gasteiger partial charge in [0.15, 0.2) is 0 Å². The molecule has 2 bridgehead atoms. The normalized spacial score (nSPS) is 35.6. The first-order valence-electron chi connectivity index (χ1n) is 7.37. The quantitative estimate of drug-likeness (QED) is 0.776. The Morgan fingerprint density at radius 3 is 2.58 bits per heavy atom. The molecule has 104 valence electrons. The highest BCUT2D eigenvalue weighted by Gasteiger charge is 2.61. The second kappa shape index (κ2) is 4.15. The van der Waals surface area contributed by atoms with Crippen molar-refractivity contribution in [1.82, 2.24) is 0 Å². The van der Waals surface area contributed by atoms with Crippen molar-refractivity contribution in [2.75, 3.05) is 5.32 Å². The molecule has 0 heterocycles. The molecule has 1 nitrogen and oxygen atoms in total. The summed E-state index contributed by atoms with van der Waals surface area (Å²) in [7, 11) is 0. The number of benzene rings is 1. The van der Waals surface area contributed by atoms with Gasteiger partial charge in [-0.25, -0.2) is 0 Å². The molecule has 2 saturated carbocycles. The van der Waals surface area contributed by atoms with Gasteiger partial charge in [-0.2, -0.15) is 0 Å². The summed E-state index contributed by atoms with van der Waals surface area (Å²) in [6, 6.07) is 6.80. The number of halogens is 1. The lowest BCUT2D eigenvalue weighted by Crippen LogP contribution is -2.40. The molecular formula is C17H24ClN. The predicted molar refractivity (Wildman–Crippen MR) is 82.8 cm³/mol. The third kappa shape index (κ3) is 1.81. The number of hydrogen-bond acceptors (Lipinski definition) is 1. The smallest absolute Gasteiger partial charge is 0.0637 e. The average Bonchev–Trinajstić information content (AvgIpc) is 2.67. The summed E-state index contributed by atoms with van der Waals surface area (Å²) in [5.74, 6) is 0.860. The van der Waals surface area contributed by atoms with Crippen LogP contribution in [0.2, 0.25) is 5.02 Å². The van der Waals surface area contributed by atoms with Gasteiger partial charge < -0.3 is 5.32 Å². The lowest BCUT2D eigenvalue weighted by Gasteiger charge is -2.40. The van der Waals surface area contributed by atoms with E-state index in [4.69, 9.17) is 11.6 Å². The number of aryl methyl sites for hydroxylation is 1. The van der Waals surface area contributed by atoms with Crippen LogP contribution < -0.4 is 5.32 Å². The highest BCUT2D eigenvalue weighted by atomic mass is 35.5. The number of fused-ring (bicyclic) bond motifs is 2. The van der Waals surface area contributed by atoms with Crippen LogP contribution in [0, 0.1) is 23.7 Å². The number of hydrogen-bond donors (Lipinski definition) is 1. The topological polar surface area (TPSA) is 12.0 Å². The van der Waals surface area contributed by atoms with Crippen LogP contribution in [-0.4, -0.2) is 6.04 Å². The van der Waals surface area contributed by atoms with Crippen LogP contribution in [0.1, 0.15) is 45.6 Å². The van der Waals surface area contributed by atoms with Crippen molar-refractivity contribution in [2.45, 2.75) is 53.0 Å². The van der Waals surface area contributed by atoms with E-state index in [-0.39, 0.29) is 0 Å². The monoisotopic (exact) mass is 277 g/mol. The number of anilines is 1. The molecule has 0 aromatic heterocycles. The molecule has 0 spiro atoms. The van der Waals surface area contributed by atoms with Gasteiger partial charge in [0.2, 0.25) is 0 Å². The largest absolute Gasteiger partial charge is 0.381 e. The van der Waals surface area contributed by atoms with Crippen molar-refractivity contribution in [1.29, 1.82) is 0 Å². The van der Waals surface area contributed by atoms with E-state index in [9.17, 15) is 0 Å². The summed E-state index contributed by atoms with van der Waals surface area (Å²) < 4.78 is 0. The van der Waals surface area contributed by atoms with Gasteiger partial charge in [0.25, 0.3) is 0 Å². The van der Waals surface area contributed by atoms with Gasteiger partial charge in [-0.3, -0.25) is 0 Å². The van der Waals surface area contributed by atoms with E-state index < -0.39 is 0 Å². The molecule has 2 aliphatic carbocycles. The molecular weight excluding hydrogens is 254 g/mol. The second-order valence-corrected chi connectivity index (χ2v) is 7.70. The van der Waals surface area contributed by atoms with Gasteiger partial charge in [-0.1, -0.05) is 38.4 Å². The summed E-state index contributed by atoms with van der Waals surface area (Å²) in [6.45, 7) is 9.48. The van der Waals surface area contributed by atoms with Crippen molar-refractivity contribution in [3.8, 4) is 0 Å². The third-order valence-electron chi connectivity index (χ3n) is 6.25.